The number of ether oxygens (including phenoxy) is 1. The van der Waals surface area contributed by atoms with Gasteiger partial charge < -0.3 is 20.5 Å². The standard InChI is InChI=1S/C13H26N2O3/c1-13(17,7-8-18-2)10-14-9-12(16)15-11-5-3-4-6-11/h11,14,17H,3-10H2,1-2H3,(H,15,16). The molecule has 0 bridgehead atoms. The summed E-state index contributed by atoms with van der Waals surface area (Å²) >= 11 is 0. The fourth-order valence-corrected chi connectivity index (χ4v) is 2.20. The molecule has 5 nitrogen and oxygen atoms in total. The second-order valence-corrected chi connectivity index (χ2v) is 5.39. The van der Waals surface area contributed by atoms with Crippen LogP contribution in [0.1, 0.15) is 39.0 Å². The molecule has 0 spiro atoms. The van der Waals surface area contributed by atoms with Gasteiger partial charge >= 0.3 is 0 Å². The van der Waals surface area contributed by atoms with Gasteiger partial charge in [0.2, 0.25) is 5.91 Å². The average Bonchev–Trinajstić information content (AvgIpc) is 2.79. The topological polar surface area (TPSA) is 70.6 Å². The van der Waals surface area contributed by atoms with Crippen LogP contribution in [-0.4, -0.2) is 49.5 Å². The van der Waals surface area contributed by atoms with Crippen LogP contribution in [0.4, 0.5) is 0 Å². The van der Waals surface area contributed by atoms with Gasteiger partial charge in [-0.25, -0.2) is 0 Å². The minimum atomic E-state index is -0.830. The average molecular weight is 258 g/mol. The lowest BCUT2D eigenvalue weighted by Gasteiger charge is -2.23. The Bertz CT molecular complexity index is 251. The number of amides is 1. The van der Waals surface area contributed by atoms with E-state index in [0.29, 0.717) is 25.6 Å². The number of aliphatic hydroxyl groups is 1. The van der Waals surface area contributed by atoms with Gasteiger partial charge in [-0.1, -0.05) is 12.8 Å². The Balaban J connectivity index is 2.10. The Morgan fingerprint density at radius 3 is 2.72 bits per heavy atom. The third-order valence-corrected chi connectivity index (χ3v) is 3.36. The smallest absolute Gasteiger partial charge is 0.234 e. The maximum atomic E-state index is 11.6. The third-order valence-electron chi connectivity index (χ3n) is 3.36. The molecule has 1 aliphatic carbocycles. The van der Waals surface area contributed by atoms with Gasteiger partial charge in [-0.15, -0.1) is 0 Å². The molecule has 5 heteroatoms. The van der Waals surface area contributed by atoms with Crippen LogP contribution >= 0.6 is 0 Å². The number of nitrogens with one attached hydrogen (secondary N) is 2. The van der Waals surface area contributed by atoms with E-state index in [1.54, 1.807) is 14.0 Å². The van der Waals surface area contributed by atoms with E-state index in [9.17, 15) is 9.90 Å². The Morgan fingerprint density at radius 2 is 2.11 bits per heavy atom. The first kappa shape index (κ1) is 15.4. The molecule has 0 aromatic heterocycles. The Labute approximate surface area is 109 Å². The summed E-state index contributed by atoms with van der Waals surface area (Å²) in [6, 6.07) is 0.355. The number of hydrogen-bond acceptors (Lipinski definition) is 4. The van der Waals surface area contributed by atoms with Crippen LogP contribution in [0.5, 0.6) is 0 Å². The van der Waals surface area contributed by atoms with Crippen molar-refractivity contribution in [3.63, 3.8) is 0 Å². The molecule has 0 aliphatic heterocycles. The summed E-state index contributed by atoms with van der Waals surface area (Å²) in [5, 5.41) is 16.0. The molecule has 1 amide bonds. The molecule has 1 fully saturated rings. The lowest BCUT2D eigenvalue weighted by molar-refractivity contribution is -0.121. The molecule has 0 heterocycles. The monoisotopic (exact) mass is 258 g/mol. The van der Waals surface area contributed by atoms with Crippen molar-refractivity contribution in [3.05, 3.63) is 0 Å². The largest absolute Gasteiger partial charge is 0.389 e. The number of hydrogen-bond donors (Lipinski definition) is 3. The summed E-state index contributed by atoms with van der Waals surface area (Å²) in [5.74, 6) is 0.0180. The molecule has 0 aromatic rings. The summed E-state index contributed by atoms with van der Waals surface area (Å²) < 4.78 is 4.93. The fourth-order valence-electron chi connectivity index (χ4n) is 2.20. The quantitative estimate of drug-likeness (QED) is 0.590. The van der Waals surface area contributed by atoms with E-state index in [2.05, 4.69) is 10.6 Å². The van der Waals surface area contributed by atoms with Crippen LogP contribution in [-0.2, 0) is 9.53 Å². The van der Waals surface area contributed by atoms with Gasteiger partial charge in [0.25, 0.3) is 0 Å². The van der Waals surface area contributed by atoms with Crippen molar-refractivity contribution in [2.75, 3.05) is 26.8 Å². The SMILES string of the molecule is COCCC(C)(O)CNCC(=O)NC1CCCC1. The van der Waals surface area contributed by atoms with Crippen molar-refractivity contribution < 1.29 is 14.6 Å². The van der Waals surface area contributed by atoms with Gasteiger partial charge in [0.15, 0.2) is 0 Å². The summed E-state index contributed by atoms with van der Waals surface area (Å²) in [5.41, 5.74) is -0.830. The molecular formula is C13H26N2O3. The molecule has 1 unspecified atom stereocenters. The van der Waals surface area contributed by atoms with Crippen molar-refractivity contribution in [3.8, 4) is 0 Å². The maximum Gasteiger partial charge on any atom is 0.234 e. The normalized spacial score (nSPS) is 19.7. The first-order valence-electron chi connectivity index (χ1n) is 6.75. The molecule has 0 radical (unpaired) electrons. The molecule has 0 saturated heterocycles. The van der Waals surface area contributed by atoms with Crippen LogP contribution in [0, 0.1) is 0 Å². The molecular weight excluding hydrogens is 232 g/mol. The van der Waals surface area contributed by atoms with Crippen molar-refractivity contribution in [2.24, 2.45) is 0 Å². The summed E-state index contributed by atoms with van der Waals surface area (Å²) in [6.45, 7) is 2.92. The fraction of sp³-hybridized carbons (Fsp3) is 0.923. The van der Waals surface area contributed by atoms with Gasteiger partial charge in [-0.3, -0.25) is 4.79 Å². The highest BCUT2D eigenvalue weighted by Gasteiger charge is 2.21. The Morgan fingerprint density at radius 1 is 1.44 bits per heavy atom. The zero-order valence-electron chi connectivity index (χ0n) is 11.5. The number of methoxy groups -OCH3 is 1. The van der Waals surface area contributed by atoms with E-state index in [1.807, 2.05) is 0 Å². The summed E-state index contributed by atoms with van der Waals surface area (Å²) in [6.07, 6.45) is 5.17. The van der Waals surface area contributed by atoms with Crippen LogP contribution in [0.2, 0.25) is 0 Å². The first-order chi connectivity index (χ1) is 8.53. The van der Waals surface area contributed by atoms with Gasteiger partial charge in [-0.05, 0) is 19.8 Å². The lowest BCUT2D eigenvalue weighted by atomic mass is 10.0. The minimum Gasteiger partial charge on any atom is -0.389 e. The zero-order chi connectivity index (χ0) is 13.4. The second kappa shape index (κ2) is 7.71. The van der Waals surface area contributed by atoms with Crippen molar-refractivity contribution >= 4 is 5.91 Å². The molecule has 0 aromatic carbocycles. The van der Waals surface area contributed by atoms with E-state index >= 15 is 0 Å². The zero-order valence-corrected chi connectivity index (χ0v) is 11.5. The van der Waals surface area contributed by atoms with Crippen LogP contribution in [0.15, 0.2) is 0 Å². The van der Waals surface area contributed by atoms with E-state index in [-0.39, 0.29) is 12.5 Å². The summed E-state index contributed by atoms with van der Waals surface area (Å²) in [7, 11) is 1.61. The number of rotatable bonds is 8. The van der Waals surface area contributed by atoms with Gasteiger partial charge in [0.05, 0.1) is 12.1 Å². The predicted octanol–water partition coefficient (Wildman–Crippen LogP) is 0.422. The van der Waals surface area contributed by atoms with E-state index in [0.717, 1.165) is 12.8 Å². The highest BCUT2D eigenvalue weighted by molar-refractivity contribution is 5.78. The first-order valence-corrected chi connectivity index (χ1v) is 6.75. The highest BCUT2D eigenvalue weighted by atomic mass is 16.5. The molecule has 3 N–H and O–H groups in total. The molecule has 1 aliphatic rings. The van der Waals surface area contributed by atoms with Gasteiger partial charge in [0.1, 0.15) is 0 Å². The van der Waals surface area contributed by atoms with Crippen LogP contribution in [0.25, 0.3) is 0 Å². The summed E-state index contributed by atoms with van der Waals surface area (Å²) in [4.78, 5) is 11.6. The number of carbonyl (C=O) groups excluding carboxylic acids is 1. The molecule has 106 valence electrons. The van der Waals surface area contributed by atoms with E-state index in [4.69, 9.17) is 4.74 Å². The van der Waals surface area contributed by atoms with Crippen molar-refractivity contribution in [2.45, 2.75) is 50.7 Å². The third kappa shape index (κ3) is 6.33. The predicted molar refractivity (Wildman–Crippen MR) is 70.4 cm³/mol. The van der Waals surface area contributed by atoms with Crippen molar-refractivity contribution in [1.29, 1.82) is 0 Å². The molecule has 1 rings (SSSR count). The van der Waals surface area contributed by atoms with E-state index < -0.39 is 5.60 Å². The maximum absolute atomic E-state index is 11.6. The minimum absolute atomic E-state index is 0.0180. The van der Waals surface area contributed by atoms with Gasteiger partial charge in [0, 0.05) is 32.7 Å². The lowest BCUT2D eigenvalue weighted by Crippen LogP contribution is -2.44. The Hall–Kier alpha value is -0.650. The second-order valence-electron chi connectivity index (χ2n) is 5.39. The molecule has 18 heavy (non-hydrogen) atoms. The van der Waals surface area contributed by atoms with E-state index in [1.165, 1.54) is 12.8 Å². The molecule has 1 saturated carbocycles. The van der Waals surface area contributed by atoms with Crippen LogP contribution < -0.4 is 10.6 Å². The highest BCUT2D eigenvalue weighted by Crippen LogP contribution is 2.17. The Kier molecular flexibility index (Phi) is 6.60. The molecule has 1 atom stereocenters. The van der Waals surface area contributed by atoms with Gasteiger partial charge in [-0.2, -0.15) is 0 Å². The van der Waals surface area contributed by atoms with Crippen molar-refractivity contribution in [1.82, 2.24) is 10.6 Å². The number of carbonyl (C=O) groups is 1. The van der Waals surface area contributed by atoms with Crippen LogP contribution in [0.3, 0.4) is 0 Å².